The number of nitrogens with zero attached hydrogens (tertiary/aromatic N) is 2. The van der Waals surface area contributed by atoms with Crippen LogP contribution in [0.1, 0.15) is 25.0 Å². The predicted molar refractivity (Wildman–Crippen MR) is 98.5 cm³/mol. The summed E-state index contributed by atoms with van der Waals surface area (Å²) >= 11 is 5.99. The summed E-state index contributed by atoms with van der Waals surface area (Å²) in [6.07, 6.45) is 1.92. The van der Waals surface area contributed by atoms with Crippen LogP contribution in [-0.2, 0) is 13.1 Å². The number of halogens is 1. The first-order valence-corrected chi connectivity index (χ1v) is 8.25. The molecule has 2 aromatic rings. The number of ether oxygens (including phenoxy) is 1. The Morgan fingerprint density at radius 1 is 1.17 bits per heavy atom. The Morgan fingerprint density at radius 3 is 2.50 bits per heavy atom. The second-order valence-electron chi connectivity index (χ2n) is 5.58. The normalized spacial score (nSPS) is 11.5. The molecule has 128 valence electrons. The van der Waals surface area contributed by atoms with Crippen LogP contribution in [-0.4, -0.2) is 24.1 Å². The molecular formula is C18H23ClN4O. The van der Waals surface area contributed by atoms with E-state index in [1.54, 1.807) is 13.2 Å². The molecule has 0 bridgehead atoms. The van der Waals surface area contributed by atoms with Gasteiger partial charge in [-0.15, -0.1) is 0 Å². The molecule has 0 saturated carbocycles. The first-order chi connectivity index (χ1) is 11.6. The summed E-state index contributed by atoms with van der Waals surface area (Å²) in [7, 11) is 1.74. The van der Waals surface area contributed by atoms with E-state index in [1.165, 1.54) is 0 Å². The standard InChI is InChI=1S/C18H23ClN4O/c1-13(2)24-17-8-7-15(11-21-17)12-23-18(20-3)22-10-14-5-4-6-16(19)9-14/h4-9,11,13H,10,12H2,1-3H3,(H2,20,22,23). The number of aromatic nitrogens is 1. The molecule has 24 heavy (non-hydrogen) atoms. The first kappa shape index (κ1) is 18.1. The minimum absolute atomic E-state index is 0.121. The highest BCUT2D eigenvalue weighted by atomic mass is 35.5. The average Bonchev–Trinajstić information content (AvgIpc) is 2.56. The molecule has 5 nitrogen and oxygen atoms in total. The Hall–Kier alpha value is -2.27. The summed E-state index contributed by atoms with van der Waals surface area (Å²) in [6, 6.07) is 11.6. The fraction of sp³-hybridized carbons (Fsp3) is 0.333. The summed E-state index contributed by atoms with van der Waals surface area (Å²) in [5, 5.41) is 7.24. The van der Waals surface area contributed by atoms with E-state index < -0.39 is 0 Å². The van der Waals surface area contributed by atoms with Crippen molar-refractivity contribution in [3.63, 3.8) is 0 Å². The number of guanidine groups is 1. The molecule has 0 atom stereocenters. The Kier molecular flexibility index (Phi) is 6.88. The van der Waals surface area contributed by atoms with Crippen LogP contribution in [0.15, 0.2) is 47.6 Å². The lowest BCUT2D eigenvalue weighted by molar-refractivity contribution is 0.232. The van der Waals surface area contributed by atoms with Gasteiger partial charge in [0.2, 0.25) is 5.88 Å². The minimum atomic E-state index is 0.121. The topological polar surface area (TPSA) is 58.5 Å². The summed E-state index contributed by atoms with van der Waals surface area (Å²) in [4.78, 5) is 8.50. The van der Waals surface area contributed by atoms with Crippen molar-refractivity contribution in [2.75, 3.05) is 7.05 Å². The van der Waals surface area contributed by atoms with Gasteiger partial charge in [-0.25, -0.2) is 4.98 Å². The average molecular weight is 347 g/mol. The molecule has 1 heterocycles. The van der Waals surface area contributed by atoms with Gasteiger partial charge in [0.15, 0.2) is 5.96 Å². The molecule has 0 spiro atoms. The lowest BCUT2D eigenvalue weighted by Gasteiger charge is -2.13. The zero-order chi connectivity index (χ0) is 17.4. The van der Waals surface area contributed by atoms with Gasteiger partial charge >= 0.3 is 0 Å². The van der Waals surface area contributed by atoms with Crippen molar-refractivity contribution >= 4 is 17.6 Å². The van der Waals surface area contributed by atoms with Gasteiger partial charge in [0.05, 0.1) is 6.10 Å². The highest BCUT2D eigenvalue weighted by molar-refractivity contribution is 6.30. The third-order valence-electron chi connectivity index (χ3n) is 3.19. The second-order valence-corrected chi connectivity index (χ2v) is 6.02. The van der Waals surface area contributed by atoms with E-state index >= 15 is 0 Å². The van der Waals surface area contributed by atoms with E-state index in [0.29, 0.717) is 19.0 Å². The van der Waals surface area contributed by atoms with Gasteiger partial charge in [-0.05, 0) is 37.1 Å². The van der Waals surface area contributed by atoms with Gasteiger partial charge in [0.25, 0.3) is 0 Å². The highest BCUT2D eigenvalue weighted by Crippen LogP contribution is 2.11. The monoisotopic (exact) mass is 346 g/mol. The molecule has 1 aromatic carbocycles. The Labute approximate surface area is 148 Å². The van der Waals surface area contributed by atoms with Gasteiger partial charge in [-0.3, -0.25) is 4.99 Å². The zero-order valence-electron chi connectivity index (χ0n) is 14.2. The number of rotatable bonds is 6. The molecular weight excluding hydrogens is 324 g/mol. The number of benzene rings is 1. The lowest BCUT2D eigenvalue weighted by Crippen LogP contribution is -2.36. The van der Waals surface area contributed by atoms with E-state index in [1.807, 2.05) is 50.2 Å². The fourth-order valence-corrected chi connectivity index (χ4v) is 2.28. The molecule has 0 aliphatic rings. The smallest absolute Gasteiger partial charge is 0.213 e. The van der Waals surface area contributed by atoms with Gasteiger partial charge < -0.3 is 15.4 Å². The molecule has 0 unspecified atom stereocenters. The van der Waals surface area contributed by atoms with Crippen molar-refractivity contribution in [1.29, 1.82) is 0 Å². The molecule has 0 amide bonds. The van der Waals surface area contributed by atoms with Crippen molar-refractivity contribution in [3.05, 3.63) is 58.7 Å². The van der Waals surface area contributed by atoms with Crippen LogP contribution in [0.25, 0.3) is 0 Å². The number of hydrogen-bond acceptors (Lipinski definition) is 3. The molecule has 2 N–H and O–H groups in total. The molecule has 6 heteroatoms. The Bertz CT molecular complexity index is 671. The van der Waals surface area contributed by atoms with Crippen molar-refractivity contribution in [2.45, 2.75) is 33.0 Å². The summed E-state index contributed by atoms with van der Waals surface area (Å²) in [5.41, 5.74) is 2.15. The molecule has 1 aromatic heterocycles. The molecule has 0 aliphatic carbocycles. The van der Waals surface area contributed by atoms with E-state index in [2.05, 4.69) is 20.6 Å². The van der Waals surface area contributed by atoms with E-state index in [4.69, 9.17) is 16.3 Å². The summed E-state index contributed by atoms with van der Waals surface area (Å²) in [5.74, 6) is 1.36. The van der Waals surface area contributed by atoms with Crippen molar-refractivity contribution in [1.82, 2.24) is 15.6 Å². The lowest BCUT2D eigenvalue weighted by atomic mass is 10.2. The molecule has 0 saturated heterocycles. The number of pyridine rings is 1. The number of nitrogens with one attached hydrogen (secondary N) is 2. The molecule has 0 radical (unpaired) electrons. The first-order valence-electron chi connectivity index (χ1n) is 7.87. The van der Waals surface area contributed by atoms with Crippen LogP contribution in [0.5, 0.6) is 5.88 Å². The van der Waals surface area contributed by atoms with Gasteiger partial charge in [0, 0.05) is 37.4 Å². The molecule has 0 aliphatic heterocycles. The largest absolute Gasteiger partial charge is 0.475 e. The van der Waals surface area contributed by atoms with Crippen LogP contribution in [0.4, 0.5) is 0 Å². The highest BCUT2D eigenvalue weighted by Gasteiger charge is 2.02. The van der Waals surface area contributed by atoms with Crippen LogP contribution >= 0.6 is 11.6 Å². The fourth-order valence-electron chi connectivity index (χ4n) is 2.07. The van der Waals surface area contributed by atoms with Crippen molar-refractivity contribution < 1.29 is 4.74 Å². The van der Waals surface area contributed by atoms with E-state index in [-0.39, 0.29) is 6.10 Å². The number of aliphatic imine (C=N–C) groups is 1. The quantitative estimate of drug-likeness (QED) is 0.622. The Balaban J connectivity index is 1.83. The summed E-state index contributed by atoms with van der Waals surface area (Å²) < 4.78 is 5.53. The SMILES string of the molecule is CN=C(NCc1ccc(OC(C)C)nc1)NCc1cccc(Cl)c1. The maximum Gasteiger partial charge on any atom is 0.213 e. The van der Waals surface area contributed by atoms with Crippen molar-refractivity contribution in [2.24, 2.45) is 4.99 Å². The van der Waals surface area contributed by atoms with Gasteiger partial charge in [-0.1, -0.05) is 29.8 Å². The van der Waals surface area contributed by atoms with Crippen LogP contribution in [0.3, 0.4) is 0 Å². The maximum absolute atomic E-state index is 5.99. The minimum Gasteiger partial charge on any atom is -0.475 e. The van der Waals surface area contributed by atoms with Crippen LogP contribution in [0.2, 0.25) is 5.02 Å². The van der Waals surface area contributed by atoms with E-state index in [0.717, 1.165) is 22.1 Å². The van der Waals surface area contributed by atoms with Gasteiger partial charge in [-0.2, -0.15) is 0 Å². The maximum atomic E-state index is 5.99. The molecule has 0 fully saturated rings. The third-order valence-corrected chi connectivity index (χ3v) is 3.42. The van der Waals surface area contributed by atoms with Gasteiger partial charge in [0.1, 0.15) is 0 Å². The summed E-state index contributed by atoms with van der Waals surface area (Å²) in [6.45, 7) is 5.24. The molecule has 2 rings (SSSR count). The second kappa shape index (κ2) is 9.13. The number of hydrogen-bond donors (Lipinski definition) is 2. The van der Waals surface area contributed by atoms with Crippen LogP contribution in [0, 0.1) is 0 Å². The van der Waals surface area contributed by atoms with Crippen molar-refractivity contribution in [3.8, 4) is 5.88 Å². The Morgan fingerprint density at radius 2 is 1.92 bits per heavy atom. The predicted octanol–water partition coefficient (Wildman–Crippen LogP) is 3.39. The zero-order valence-corrected chi connectivity index (χ0v) is 15.0. The van der Waals surface area contributed by atoms with Crippen LogP contribution < -0.4 is 15.4 Å². The third kappa shape index (κ3) is 6.08. The van der Waals surface area contributed by atoms with E-state index in [9.17, 15) is 0 Å².